The van der Waals surface area contributed by atoms with Crippen molar-refractivity contribution >= 4 is 23.7 Å². The van der Waals surface area contributed by atoms with E-state index in [2.05, 4.69) is 10.3 Å². The summed E-state index contributed by atoms with van der Waals surface area (Å²) in [6, 6.07) is 12.1. The first-order valence-electron chi connectivity index (χ1n) is 9.67. The molecule has 0 radical (unpaired) electrons. The molecular weight excluding hydrogens is 409 g/mol. The Hall–Kier alpha value is -3.39. The number of aliphatic hydroxyl groups excluding tert-OH is 1. The van der Waals surface area contributed by atoms with Crippen LogP contribution in [0.4, 0.5) is 18.9 Å². The summed E-state index contributed by atoms with van der Waals surface area (Å²) in [6.45, 7) is 0.174. The Bertz CT molecular complexity index is 1020. The zero-order valence-corrected chi connectivity index (χ0v) is 16.5. The van der Waals surface area contributed by atoms with Crippen LogP contribution in [0, 0.1) is 0 Å². The maximum atomic E-state index is 12.6. The van der Waals surface area contributed by atoms with E-state index >= 15 is 0 Å². The van der Waals surface area contributed by atoms with Crippen LogP contribution < -0.4 is 5.32 Å². The average Bonchev–Trinajstić information content (AvgIpc) is 3.23. The van der Waals surface area contributed by atoms with Crippen molar-refractivity contribution in [2.75, 3.05) is 11.9 Å². The van der Waals surface area contributed by atoms with Gasteiger partial charge in [-0.15, -0.1) is 0 Å². The lowest BCUT2D eigenvalue weighted by atomic mass is 10.1. The van der Waals surface area contributed by atoms with Gasteiger partial charge in [0.15, 0.2) is 5.69 Å². The van der Waals surface area contributed by atoms with Crippen molar-refractivity contribution in [1.82, 2.24) is 4.98 Å². The van der Waals surface area contributed by atoms with E-state index in [9.17, 15) is 18.0 Å². The van der Waals surface area contributed by atoms with Gasteiger partial charge < -0.3 is 14.8 Å². The fourth-order valence-electron chi connectivity index (χ4n) is 2.81. The van der Waals surface area contributed by atoms with Gasteiger partial charge in [0, 0.05) is 18.4 Å². The molecule has 2 aromatic carbocycles. The van der Waals surface area contributed by atoms with Gasteiger partial charge in [0.25, 0.3) is 5.91 Å². The molecule has 0 spiro atoms. The normalized spacial score (nSPS) is 11.7. The molecule has 0 fully saturated rings. The van der Waals surface area contributed by atoms with Gasteiger partial charge in [-0.3, -0.25) is 4.79 Å². The van der Waals surface area contributed by atoms with Gasteiger partial charge in [-0.05, 0) is 60.7 Å². The molecule has 3 rings (SSSR count). The Kier molecular flexibility index (Phi) is 7.25. The summed E-state index contributed by atoms with van der Waals surface area (Å²) in [6.07, 6.45) is 2.35. The maximum Gasteiger partial charge on any atom is 0.416 e. The number of nitrogens with zero attached hydrogens (tertiary/aromatic N) is 1. The van der Waals surface area contributed by atoms with Gasteiger partial charge in [0.1, 0.15) is 6.26 Å². The lowest BCUT2D eigenvalue weighted by molar-refractivity contribution is -0.137. The molecule has 5 nitrogen and oxygen atoms in total. The van der Waals surface area contributed by atoms with E-state index in [4.69, 9.17) is 9.52 Å². The summed E-state index contributed by atoms with van der Waals surface area (Å²) >= 11 is 0. The number of alkyl halides is 3. The number of nitrogens with one attached hydrogen (secondary N) is 1. The number of aromatic nitrogens is 1. The number of benzene rings is 2. The second-order valence-electron chi connectivity index (χ2n) is 6.86. The molecule has 1 amide bonds. The van der Waals surface area contributed by atoms with Crippen LogP contribution in [0.25, 0.3) is 12.2 Å². The minimum atomic E-state index is -4.38. The summed E-state index contributed by atoms with van der Waals surface area (Å²) in [5, 5.41) is 11.6. The van der Waals surface area contributed by atoms with Crippen LogP contribution in [0.1, 0.15) is 45.9 Å². The molecule has 3 aromatic rings. The van der Waals surface area contributed by atoms with Gasteiger partial charge in [-0.2, -0.15) is 13.2 Å². The Labute approximate surface area is 177 Å². The predicted octanol–water partition coefficient (Wildman–Crippen LogP) is 5.43. The smallest absolute Gasteiger partial charge is 0.416 e. The molecule has 0 saturated heterocycles. The van der Waals surface area contributed by atoms with Crippen molar-refractivity contribution in [2.24, 2.45) is 0 Å². The zero-order chi connectivity index (χ0) is 22.3. The molecule has 1 aromatic heterocycles. The van der Waals surface area contributed by atoms with Crippen molar-refractivity contribution in [1.29, 1.82) is 0 Å². The summed E-state index contributed by atoms with van der Waals surface area (Å²) in [5.41, 5.74) is 1.62. The Morgan fingerprint density at radius 2 is 1.74 bits per heavy atom. The van der Waals surface area contributed by atoms with E-state index in [1.54, 1.807) is 18.2 Å². The number of aliphatic hydroxyl groups is 1. The second kappa shape index (κ2) is 10.1. The first-order valence-corrected chi connectivity index (χ1v) is 9.67. The number of halogens is 3. The third-order valence-electron chi connectivity index (χ3n) is 4.50. The Morgan fingerprint density at radius 1 is 1.03 bits per heavy atom. The van der Waals surface area contributed by atoms with Crippen LogP contribution >= 0.6 is 0 Å². The molecule has 1 heterocycles. The largest absolute Gasteiger partial charge is 0.444 e. The number of aryl methyl sites for hydroxylation is 1. The highest BCUT2D eigenvalue weighted by molar-refractivity contribution is 6.02. The number of hydrogen-bond donors (Lipinski definition) is 2. The average molecular weight is 430 g/mol. The summed E-state index contributed by atoms with van der Waals surface area (Å²) in [7, 11) is 0. The number of unbranched alkanes of at least 4 members (excludes halogenated alkanes) is 1. The standard InChI is InChI=1S/C23H21F3N2O3/c24-23(25,26)18-9-4-17(5-10-18)8-13-21-28-20(15-31-21)22(30)27-19-11-6-16(7-12-19)3-1-2-14-29/h4-13,15,29H,1-3,14H2,(H,27,30). The van der Waals surface area contributed by atoms with Crippen molar-refractivity contribution in [2.45, 2.75) is 25.4 Å². The van der Waals surface area contributed by atoms with Gasteiger partial charge >= 0.3 is 6.18 Å². The van der Waals surface area contributed by atoms with E-state index in [0.717, 1.165) is 37.0 Å². The van der Waals surface area contributed by atoms with Crippen LogP contribution in [0.5, 0.6) is 0 Å². The van der Waals surface area contributed by atoms with Gasteiger partial charge in [-0.1, -0.05) is 24.3 Å². The molecule has 0 bridgehead atoms. The van der Waals surface area contributed by atoms with E-state index in [1.807, 2.05) is 12.1 Å². The maximum absolute atomic E-state index is 12.6. The molecule has 0 aliphatic heterocycles. The monoisotopic (exact) mass is 430 g/mol. The molecule has 0 aliphatic rings. The fraction of sp³-hybridized carbons (Fsp3) is 0.217. The summed E-state index contributed by atoms with van der Waals surface area (Å²) in [4.78, 5) is 16.4. The predicted molar refractivity (Wildman–Crippen MR) is 111 cm³/mol. The van der Waals surface area contributed by atoms with Gasteiger partial charge in [-0.25, -0.2) is 4.98 Å². The minimum absolute atomic E-state index is 0.0825. The van der Waals surface area contributed by atoms with Crippen LogP contribution in [0.3, 0.4) is 0 Å². The quantitative estimate of drug-likeness (QED) is 0.467. The highest BCUT2D eigenvalue weighted by Gasteiger charge is 2.29. The number of anilines is 1. The first-order chi connectivity index (χ1) is 14.8. The fourth-order valence-corrected chi connectivity index (χ4v) is 2.81. The summed E-state index contributed by atoms with van der Waals surface area (Å²) in [5.74, 6) is -0.282. The molecule has 162 valence electrons. The molecule has 0 saturated carbocycles. The number of hydrogen-bond acceptors (Lipinski definition) is 4. The van der Waals surface area contributed by atoms with Crippen molar-refractivity contribution in [3.63, 3.8) is 0 Å². The number of amides is 1. The molecule has 0 unspecified atom stereocenters. The topological polar surface area (TPSA) is 75.4 Å². The first kappa shape index (κ1) is 22.3. The van der Waals surface area contributed by atoms with E-state index in [0.29, 0.717) is 11.3 Å². The Balaban J connectivity index is 1.57. The zero-order valence-electron chi connectivity index (χ0n) is 16.5. The number of carbonyl (C=O) groups excluding carboxylic acids is 1. The van der Waals surface area contributed by atoms with Crippen LogP contribution in [-0.4, -0.2) is 22.6 Å². The third-order valence-corrected chi connectivity index (χ3v) is 4.50. The highest BCUT2D eigenvalue weighted by Crippen LogP contribution is 2.29. The SMILES string of the molecule is O=C(Nc1ccc(CCCCO)cc1)c1coc(C=Cc2ccc(C(F)(F)F)cc2)n1. The molecule has 8 heteroatoms. The Morgan fingerprint density at radius 3 is 2.39 bits per heavy atom. The molecule has 0 atom stereocenters. The number of rotatable bonds is 8. The van der Waals surface area contributed by atoms with E-state index in [-0.39, 0.29) is 18.2 Å². The second-order valence-corrected chi connectivity index (χ2v) is 6.86. The summed E-state index contributed by atoms with van der Waals surface area (Å²) < 4.78 is 43.0. The highest BCUT2D eigenvalue weighted by atomic mass is 19.4. The molecule has 0 aliphatic carbocycles. The van der Waals surface area contributed by atoms with Crippen LogP contribution in [0.2, 0.25) is 0 Å². The van der Waals surface area contributed by atoms with Crippen LogP contribution in [-0.2, 0) is 12.6 Å². The van der Waals surface area contributed by atoms with E-state index in [1.165, 1.54) is 24.5 Å². The third kappa shape index (κ3) is 6.55. The van der Waals surface area contributed by atoms with Gasteiger partial charge in [0.05, 0.1) is 5.56 Å². The van der Waals surface area contributed by atoms with Crippen LogP contribution in [0.15, 0.2) is 59.2 Å². The lowest BCUT2D eigenvalue weighted by Crippen LogP contribution is -2.12. The number of oxazole rings is 1. The molecule has 2 N–H and O–H groups in total. The van der Waals surface area contributed by atoms with Crippen molar-refractivity contribution in [3.05, 3.63) is 83.1 Å². The van der Waals surface area contributed by atoms with Crippen molar-refractivity contribution < 1.29 is 27.5 Å². The van der Waals surface area contributed by atoms with E-state index < -0.39 is 17.6 Å². The molecular formula is C23H21F3N2O3. The van der Waals surface area contributed by atoms with Crippen molar-refractivity contribution in [3.8, 4) is 0 Å². The molecule has 31 heavy (non-hydrogen) atoms. The van der Waals surface area contributed by atoms with Gasteiger partial charge in [0.2, 0.25) is 5.89 Å². The number of carbonyl (C=O) groups is 1. The lowest BCUT2D eigenvalue weighted by Gasteiger charge is -2.05. The minimum Gasteiger partial charge on any atom is -0.444 e.